The van der Waals surface area contributed by atoms with Crippen molar-refractivity contribution in [3.63, 3.8) is 0 Å². The van der Waals surface area contributed by atoms with Gasteiger partial charge in [-0.2, -0.15) is 0 Å². The minimum absolute atomic E-state index is 0.289. The minimum atomic E-state index is -0.857. The highest BCUT2D eigenvalue weighted by molar-refractivity contribution is 5.74. The van der Waals surface area contributed by atoms with Crippen molar-refractivity contribution in [3.8, 4) is 0 Å². The van der Waals surface area contributed by atoms with E-state index in [1.54, 1.807) is 19.0 Å². The van der Waals surface area contributed by atoms with E-state index >= 15 is 0 Å². The van der Waals surface area contributed by atoms with Crippen LogP contribution >= 0.6 is 0 Å². The van der Waals surface area contributed by atoms with Gasteiger partial charge in [0.25, 0.3) is 0 Å². The number of aliphatic carboxylic acids is 1. The summed E-state index contributed by atoms with van der Waals surface area (Å²) >= 11 is 0. The van der Waals surface area contributed by atoms with Gasteiger partial charge in [0.15, 0.2) is 0 Å². The molecule has 11 heavy (non-hydrogen) atoms. The molecular formula is C7H16N2O2. The van der Waals surface area contributed by atoms with Crippen LogP contribution in [-0.4, -0.2) is 42.2 Å². The molecule has 4 nitrogen and oxygen atoms in total. The molecule has 0 saturated heterocycles. The molecule has 0 aromatic heterocycles. The molecule has 0 saturated carbocycles. The van der Waals surface area contributed by atoms with Crippen molar-refractivity contribution in [1.29, 1.82) is 0 Å². The van der Waals surface area contributed by atoms with E-state index in [1.807, 2.05) is 6.92 Å². The second kappa shape index (κ2) is 4.31. The van der Waals surface area contributed by atoms with Gasteiger partial charge in [-0.05, 0) is 20.5 Å². The van der Waals surface area contributed by atoms with Crippen LogP contribution in [-0.2, 0) is 4.79 Å². The van der Waals surface area contributed by atoms with Crippen LogP contribution in [0, 0.1) is 0 Å². The van der Waals surface area contributed by atoms with Crippen molar-refractivity contribution in [2.45, 2.75) is 25.4 Å². The summed E-state index contributed by atoms with van der Waals surface area (Å²) in [6.45, 7) is 1.88. The normalized spacial score (nSPS) is 16.5. The number of nitrogens with zero attached hydrogens (tertiary/aromatic N) is 1. The molecule has 0 aromatic rings. The maximum absolute atomic E-state index is 10.6. The Morgan fingerprint density at radius 1 is 1.64 bits per heavy atom. The van der Waals surface area contributed by atoms with Gasteiger partial charge in [0.2, 0.25) is 0 Å². The second-order valence-corrected chi connectivity index (χ2v) is 2.82. The van der Waals surface area contributed by atoms with Crippen LogP contribution in [0.1, 0.15) is 13.3 Å². The van der Waals surface area contributed by atoms with Gasteiger partial charge in [0, 0.05) is 6.04 Å². The van der Waals surface area contributed by atoms with Gasteiger partial charge in [-0.25, -0.2) is 0 Å². The Hall–Kier alpha value is -0.610. The zero-order valence-corrected chi connectivity index (χ0v) is 7.24. The van der Waals surface area contributed by atoms with E-state index < -0.39 is 12.0 Å². The Morgan fingerprint density at radius 2 is 2.09 bits per heavy atom. The molecule has 0 fully saturated rings. The van der Waals surface area contributed by atoms with Gasteiger partial charge in [-0.3, -0.25) is 9.69 Å². The summed E-state index contributed by atoms with van der Waals surface area (Å²) in [6.07, 6.45) is 0.676. The second-order valence-electron chi connectivity index (χ2n) is 2.82. The van der Waals surface area contributed by atoms with Gasteiger partial charge < -0.3 is 10.8 Å². The van der Waals surface area contributed by atoms with Crippen LogP contribution in [0.25, 0.3) is 0 Å². The molecule has 0 spiro atoms. The lowest BCUT2D eigenvalue weighted by atomic mass is 10.1. The molecule has 2 unspecified atom stereocenters. The third-order valence-electron chi connectivity index (χ3n) is 1.69. The molecule has 66 valence electrons. The smallest absolute Gasteiger partial charge is 0.322 e. The van der Waals surface area contributed by atoms with Gasteiger partial charge in [0.1, 0.15) is 6.04 Å². The number of hydrogen-bond acceptors (Lipinski definition) is 3. The van der Waals surface area contributed by atoms with Crippen LogP contribution in [0.2, 0.25) is 0 Å². The lowest BCUT2D eigenvalue weighted by molar-refractivity contribution is -0.143. The Bertz CT molecular complexity index is 136. The third kappa shape index (κ3) is 2.86. The van der Waals surface area contributed by atoms with E-state index in [0.717, 1.165) is 0 Å². The van der Waals surface area contributed by atoms with Crippen molar-refractivity contribution in [3.05, 3.63) is 0 Å². The average molecular weight is 160 g/mol. The summed E-state index contributed by atoms with van der Waals surface area (Å²) in [5.41, 5.74) is 5.60. The molecule has 0 aliphatic rings. The zero-order valence-electron chi connectivity index (χ0n) is 7.24. The van der Waals surface area contributed by atoms with E-state index in [2.05, 4.69) is 0 Å². The quantitative estimate of drug-likeness (QED) is 0.594. The first-order valence-electron chi connectivity index (χ1n) is 3.65. The fourth-order valence-electron chi connectivity index (χ4n) is 1.01. The lowest BCUT2D eigenvalue weighted by Crippen LogP contribution is -2.49. The molecule has 0 radical (unpaired) electrons. The van der Waals surface area contributed by atoms with Crippen LogP contribution in [0.4, 0.5) is 0 Å². The minimum Gasteiger partial charge on any atom is -0.480 e. The molecule has 0 heterocycles. The Kier molecular flexibility index (Phi) is 4.07. The molecule has 0 bridgehead atoms. The van der Waals surface area contributed by atoms with Crippen LogP contribution in [0.3, 0.4) is 0 Å². The van der Waals surface area contributed by atoms with Gasteiger partial charge in [0.05, 0.1) is 0 Å². The highest BCUT2D eigenvalue weighted by Gasteiger charge is 2.25. The SMILES string of the molecule is CCC(N)C(C(=O)O)N(C)C. The zero-order chi connectivity index (χ0) is 9.02. The largest absolute Gasteiger partial charge is 0.480 e. The number of carbonyl (C=O) groups is 1. The lowest BCUT2D eigenvalue weighted by Gasteiger charge is -2.24. The first kappa shape index (κ1) is 10.4. The first-order valence-corrected chi connectivity index (χ1v) is 3.65. The van der Waals surface area contributed by atoms with Crippen molar-refractivity contribution < 1.29 is 9.90 Å². The number of carboxylic acid groups (broad SMARTS) is 1. The van der Waals surface area contributed by atoms with E-state index in [0.29, 0.717) is 6.42 Å². The third-order valence-corrected chi connectivity index (χ3v) is 1.69. The molecule has 0 aliphatic carbocycles. The molecule has 0 amide bonds. The number of rotatable bonds is 4. The highest BCUT2D eigenvalue weighted by atomic mass is 16.4. The molecule has 0 rings (SSSR count). The summed E-state index contributed by atoms with van der Waals surface area (Å²) in [6, 6.07) is -0.859. The average Bonchev–Trinajstić information content (AvgIpc) is 1.85. The number of carboxylic acids is 1. The van der Waals surface area contributed by atoms with E-state index in [4.69, 9.17) is 10.8 Å². The van der Waals surface area contributed by atoms with E-state index in [-0.39, 0.29) is 6.04 Å². The van der Waals surface area contributed by atoms with Crippen LogP contribution in [0.15, 0.2) is 0 Å². The summed E-state index contributed by atoms with van der Waals surface area (Å²) in [7, 11) is 3.43. The summed E-state index contributed by atoms with van der Waals surface area (Å²) in [5.74, 6) is -0.857. The molecule has 4 heteroatoms. The van der Waals surface area contributed by atoms with Crippen molar-refractivity contribution >= 4 is 5.97 Å². The van der Waals surface area contributed by atoms with Gasteiger partial charge >= 0.3 is 5.97 Å². The predicted octanol–water partition coefficient (Wildman–Crippen LogP) is -0.261. The topological polar surface area (TPSA) is 66.6 Å². The molecule has 2 atom stereocenters. The molecule has 0 aromatic carbocycles. The highest BCUT2D eigenvalue weighted by Crippen LogP contribution is 2.01. The summed E-state index contributed by atoms with van der Waals surface area (Å²) in [5, 5.41) is 8.72. The maximum Gasteiger partial charge on any atom is 0.322 e. The molecule has 0 aliphatic heterocycles. The van der Waals surface area contributed by atoms with Crippen LogP contribution in [0.5, 0.6) is 0 Å². The summed E-state index contributed by atoms with van der Waals surface area (Å²) in [4.78, 5) is 12.2. The maximum atomic E-state index is 10.6. The summed E-state index contributed by atoms with van der Waals surface area (Å²) < 4.78 is 0. The number of hydrogen-bond donors (Lipinski definition) is 2. The fourth-order valence-corrected chi connectivity index (χ4v) is 1.01. The van der Waals surface area contributed by atoms with Crippen molar-refractivity contribution in [1.82, 2.24) is 4.90 Å². The Morgan fingerprint density at radius 3 is 2.18 bits per heavy atom. The first-order chi connectivity index (χ1) is 5.00. The monoisotopic (exact) mass is 160 g/mol. The van der Waals surface area contributed by atoms with Crippen molar-refractivity contribution in [2.75, 3.05) is 14.1 Å². The van der Waals surface area contributed by atoms with E-state index in [1.165, 1.54) is 0 Å². The van der Waals surface area contributed by atoms with Gasteiger partial charge in [-0.1, -0.05) is 6.92 Å². The standard InChI is InChI=1S/C7H16N2O2/c1-4-5(8)6(7(10)11)9(2)3/h5-6H,4,8H2,1-3H3,(H,10,11). The predicted molar refractivity (Wildman–Crippen MR) is 43.4 cm³/mol. The Balaban J connectivity index is 4.21. The van der Waals surface area contributed by atoms with Crippen molar-refractivity contribution in [2.24, 2.45) is 5.73 Å². The molecular weight excluding hydrogens is 144 g/mol. The number of likely N-dealkylation sites (N-methyl/N-ethyl adjacent to an activating group) is 1. The van der Waals surface area contributed by atoms with E-state index in [9.17, 15) is 4.79 Å². The van der Waals surface area contributed by atoms with Gasteiger partial charge in [-0.15, -0.1) is 0 Å². The van der Waals surface area contributed by atoms with Crippen LogP contribution < -0.4 is 5.73 Å². The Labute approximate surface area is 67.0 Å². The fraction of sp³-hybridized carbons (Fsp3) is 0.857. The number of nitrogens with two attached hydrogens (primary N) is 1. The molecule has 3 N–H and O–H groups in total.